The van der Waals surface area contributed by atoms with Crippen molar-refractivity contribution < 1.29 is 19.1 Å². The molecule has 0 saturated carbocycles. The molecule has 0 spiro atoms. The van der Waals surface area contributed by atoms with Crippen molar-refractivity contribution in [1.29, 1.82) is 0 Å². The summed E-state index contributed by atoms with van der Waals surface area (Å²) in [4.78, 5) is 23.2. The lowest BCUT2D eigenvalue weighted by Crippen LogP contribution is -2.10. The fraction of sp³-hybridized carbons (Fsp3) is 0.222. The van der Waals surface area contributed by atoms with Crippen molar-refractivity contribution in [2.45, 2.75) is 13.8 Å². The molecule has 0 atom stereocenters. The number of esters is 2. The third kappa shape index (κ3) is 5.05. The van der Waals surface area contributed by atoms with E-state index >= 15 is 0 Å². The van der Waals surface area contributed by atoms with Crippen LogP contribution in [0.1, 0.15) is 19.4 Å². The Morgan fingerprint density at radius 1 is 1.00 bits per heavy atom. The topological polar surface area (TPSA) is 52.6 Å². The summed E-state index contributed by atoms with van der Waals surface area (Å²) in [5.74, 6) is -1.17. The van der Waals surface area contributed by atoms with Crippen LogP contribution in [-0.4, -0.2) is 26.2 Å². The number of benzene rings is 1. The zero-order valence-corrected chi connectivity index (χ0v) is 13.3. The van der Waals surface area contributed by atoms with Gasteiger partial charge in [-0.2, -0.15) is 0 Å². The molecule has 0 unspecified atom stereocenters. The molecule has 0 heterocycles. The van der Waals surface area contributed by atoms with E-state index in [0.717, 1.165) is 17.2 Å². The van der Waals surface area contributed by atoms with Gasteiger partial charge in [0, 0.05) is 6.08 Å². The van der Waals surface area contributed by atoms with Gasteiger partial charge in [-0.3, -0.25) is 0 Å². The lowest BCUT2D eigenvalue weighted by Gasteiger charge is -2.08. The second-order valence-corrected chi connectivity index (χ2v) is 4.62. The summed E-state index contributed by atoms with van der Waals surface area (Å²) in [6.45, 7) is 3.62. The molecule has 116 valence electrons. The van der Waals surface area contributed by atoms with Gasteiger partial charge in [0.15, 0.2) is 0 Å². The number of hydrogen-bond acceptors (Lipinski definition) is 4. The Balaban J connectivity index is 3.12. The number of carbonyl (C=O) groups is 2. The lowest BCUT2D eigenvalue weighted by atomic mass is 10.0. The van der Waals surface area contributed by atoms with Gasteiger partial charge in [0.2, 0.25) is 0 Å². The van der Waals surface area contributed by atoms with Crippen LogP contribution in [0, 0.1) is 0 Å². The van der Waals surface area contributed by atoms with Crippen LogP contribution in [0.25, 0.3) is 6.08 Å². The summed E-state index contributed by atoms with van der Waals surface area (Å²) in [6, 6.07) is 9.79. The summed E-state index contributed by atoms with van der Waals surface area (Å²) in [6.07, 6.45) is 4.96. The molecule has 0 aliphatic heterocycles. The van der Waals surface area contributed by atoms with Crippen molar-refractivity contribution in [3.05, 3.63) is 64.8 Å². The van der Waals surface area contributed by atoms with Gasteiger partial charge < -0.3 is 9.47 Å². The van der Waals surface area contributed by atoms with E-state index in [2.05, 4.69) is 4.74 Å². The summed E-state index contributed by atoms with van der Waals surface area (Å²) < 4.78 is 9.29. The number of rotatable bonds is 5. The minimum atomic E-state index is -0.598. The highest BCUT2D eigenvalue weighted by Gasteiger charge is 2.15. The van der Waals surface area contributed by atoms with Gasteiger partial charge in [-0.15, -0.1) is 0 Å². The molecule has 0 radical (unpaired) electrons. The van der Waals surface area contributed by atoms with Crippen LogP contribution in [0.5, 0.6) is 0 Å². The van der Waals surface area contributed by atoms with E-state index in [4.69, 9.17) is 4.74 Å². The Bertz CT molecular complexity index is 622. The fourth-order valence-corrected chi connectivity index (χ4v) is 1.73. The number of carbonyl (C=O) groups excluding carboxylic acids is 2. The maximum Gasteiger partial charge on any atom is 0.338 e. The normalized spacial score (nSPS) is 12.8. The third-order valence-corrected chi connectivity index (χ3v) is 3.19. The van der Waals surface area contributed by atoms with Crippen molar-refractivity contribution in [3.63, 3.8) is 0 Å². The van der Waals surface area contributed by atoms with E-state index in [-0.39, 0.29) is 5.57 Å². The van der Waals surface area contributed by atoms with Gasteiger partial charge in [0.1, 0.15) is 0 Å². The number of allylic oxidation sites excluding steroid dienone is 2. The smallest absolute Gasteiger partial charge is 0.338 e. The molecule has 1 rings (SSSR count). The van der Waals surface area contributed by atoms with E-state index in [1.807, 2.05) is 49.4 Å². The highest BCUT2D eigenvalue weighted by Crippen LogP contribution is 2.18. The van der Waals surface area contributed by atoms with Crippen molar-refractivity contribution in [3.8, 4) is 0 Å². The van der Waals surface area contributed by atoms with Crippen molar-refractivity contribution in [2.24, 2.45) is 0 Å². The van der Waals surface area contributed by atoms with Crippen LogP contribution in [-0.2, 0) is 19.1 Å². The van der Waals surface area contributed by atoms with Gasteiger partial charge >= 0.3 is 11.9 Å². The molecule has 1 aromatic rings. The van der Waals surface area contributed by atoms with E-state index in [1.54, 1.807) is 6.92 Å². The number of methoxy groups -OCH3 is 2. The molecule has 0 amide bonds. The van der Waals surface area contributed by atoms with Crippen LogP contribution in [0.15, 0.2) is 59.2 Å². The molecule has 1 aromatic carbocycles. The molecule has 4 heteroatoms. The fourth-order valence-electron chi connectivity index (χ4n) is 1.73. The van der Waals surface area contributed by atoms with Gasteiger partial charge in [0.25, 0.3) is 0 Å². The van der Waals surface area contributed by atoms with Crippen LogP contribution < -0.4 is 0 Å². The highest BCUT2D eigenvalue weighted by molar-refractivity contribution is 6.00. The number of hydrogen-bond donors (Lipinski definition) is 0. The maximum atomic E-state index is 11.8. The zero-order chi connectivity index (χ0) is 16.5. The minimum Gasteiger partial charge on any atom is -0.466 e. The van der Waals surface area contributed by atoms with Crippen LogP contribution in [0.4, 0.5) is 0 Å². The van der Waals surface area contributed by atoms with Gasteiger partial charge in [-0.05, 0) is 30.6 Å². The Kier molecular flexibility index (Phi) is 6.83. The second kappa shape index (κ2) is 8.62. The average molecular weight is 300 g/mol. The first-order valence-electron chi connectivity index (χ1n) is 6.78. The molecule has 0 N–H and O–H groups in total. The minimum absolute atomic E-state index is 0.185. The van der Waals surface area contributed by atoms with Gasteiger partial charge in [-0.1, -0.05) is 42.5 Å². The summed E-state index contributed by atoms with van der Waals surface area (Å²) >= 11 is 0. The molecule has 0 bridgehead atoms. The molecule has 0 aromatic heterocycles. The summed E-state index contributed by atoms with van der Waals surface area (Å²) in [5.41, 5.74) is 2.74. The van der Waals surface area contributed by atoms with Crippen molar-refractivity contribution >= 4 is 18.0 Å². The molecule has 0 aliphatic carbocycles. The van der Waals surface area contributed by atoms with Gasteiger partial charge in [-0.25, -0.2) is 9.59 Å². The zero-order valence-electron chi connectivity index (χ0n) is 13.3. The van der Waals surface area contributed by atoms with Crippen LogP contribution >= 0.6 is 0 Å². The summed E-state index contributed by atoms with van der Waals surface area (Å²) in [5, 5.41) is 0. The van der Waals surface area contributed by atoms with Crippen molar-refractivity contribution in [1.82, 2.24) is 0 Å². The molecule has 0 aliphatic rings. The van der Waals surface area contributed by atoms with Crippen molar-refractivity contribution in [2.75, 3.05) is 14.2 Å². The van der Waals surface area contributed by atoms with E-state index in [9.17, 15) is 9.59 Å². The SMILES string of the molecule is COC(=O)\C=C(C(=O)OC)/C(C)=C(C)/C=C\c1ccccc1. The first kappa shape index (κ1) is 17.4. The largest absolute Gasteiger partial charge is 0.466 e. The molecular weight excluding hydrogens is 280 g/mol. The molecule has 0 fully saturated rings. The molecule has 0 saturated heterocycles. The Morgan fingerprint density at radius 2 is 1.64 bits per heavy atom. The quantitative estimate of drug-likeness (QED) is 0.475. The van der Waals surface area contributed by atoms with E-state index in [0.29, 0.717) is 5.57 Å². The lowest BCUT2D eigenvalue weighted by molar-refractivity contribution is -0.138. The predicted molar refractivity (Wildman–Crippen MR) is 86.0 cm³/mol. The first-order valence-corrected chi connectivity index (χ1v) is 6.78. The monoisotopic (exact) mass is 300 g/mol. The Labute approximate surface area is 130 Å². The molecule has 22 heavy (non-hydrogen) atoms. The highest BCUT2D eigenvalue weighted by atomic mass is 16.5. The maximum absolute atomic E-state index is 11.8. The number of ether oxygens (including phenoxy) is 2. The molecular formula is C18H20O4. The van der Waals surface area contributed by atoms with Crippen LogP contribution in [0.3, 0.4) is 0 Å². The van der Waals surface area contributed by atoms with E-state index in [1.165, 1.54) is 14.2 Å². The Morgan fingerprint density at radius 3 is 2.18 bits per heavy atom. The van der Waals surface area contributed by atoms with Crippen LogP contribution in [0.2, 0.25) is 0 Å². The molecule has 4 nitrogen and oxygen atoms in total. The second-order valence-electron chi connectivity index (χ2n) is 4.62. The predicted octanol–water partition coefficient (Wildman–Crippen LogP) is 3.31. The third-order valence-electron chi connectivity index (χ3n) is 3.19. The Hall–Kier alpha value is -2.62. The standard InChI is InChI=1S/C18H20O4/c1-13(10-11-15-8-6-5-7-9-15)14(2)16(18(20)22-4)12-17(19)21-3/h5-12H,1-4H3/b11-10-,14-13+,16-12+. The summed E-state index contributed by atoms with van der Waals surface area (Å²) in [7, 11) is 2.53. The van der Waals surface area contributed by atoms with E-state index < -0.39 is 11.9 Å². The first-order chi connectivity index (χ1) is 10.5. The van der Waals surface area contributed by atoms with Gasteiger partial charge in [0.05, 0.1) is 19.8 Å². The average Bonchev–Trinajstić information content (AvgIpc) is 2.56.